The molecule has 0 saturated heterocycles. The van der Waals surface area contributed by atoms with E-state index in [1.807, 2.05) is 6.26 Å². The number of hydrogen-bond donors (Lipinski definition) is 2. The van der Waals surface area contributed by atoms with Crippen molar-refractivity contribution in [3.63, 3.8) is 0 Å². The number of para-hydroxylation sites is 1. The lowest BCUT2D eigenvalue weighted by Crippen LogP contribution is -1.91. The average molecular weight is 373 g/mol. The minimum absolute atomic E-state index is 0.00805. The molecule has 0 atom stereocenters. The van der Waals surface area contributed by atoms with Crippen molar-refractivity contribution in [1.82, 2.24) is 0 Å². The molecule has 26 heavy (non-hydrogen) atoms. The Kier molecular flexibility index (Phi) is 7.04. The number of benzene rings is 2. The highest BCUT2D eigenvalue weighted by Gasteiger charge is 2.05. The van der Waals surface area contributed by atoms with Gasteiger partial charge in [0.15, 0.2) is 11.5 Å². The van der Waals surface area contributed by atoms with Gasteiger partial charge in [-0.1, -0.05) is 17.8 Å². The highest BCUT2D eigenvalue weighted by molar-refractivity contribution is 8.13. The Morgan fingerprint density at radius 2 is 1.85 bits per heavy atom. The molecule has 2 aromatic rings. The van der Waals surface area contributed by atoms with Gasteiger partial charge < -0.3 is 19.7 Å². The number of phenolic OH excluding ortho intramolecular Hbond substituents is 2. The van der Waals surface area contributed by atoms with Crippen LogP contribution in [0.1, 0.15) is 11.1 Å². The second-order valence-electron chi connectivity index (χ2n) is 4.91. The summed E-state index contributed by atoms with van der Waals surface area (Å²) < 4.78 is 10.1. The Balaban J connectivity index is 2.15. The molecule has 0 amide bonds. The Labute approximate surface area is 155 Å². The first kappa shape index (κ1) is 19.3. The van der Waals surface area contributed by atoms with E-state index in [1.165, 1.54) is 44.5 Å². The minimum atomic E-state index is -0.00805. The van der Waals surface area contributed by atoms with E-state index >= 15 is 0 Å². The van der Waals surface area contributed by atoms with Gasteiger partial charge in [0.05, 0.1) is 20.4 Å². The van der Waals surface area contributed by atoms with Crippen LogP contribution in [-0.4, -0.2) is 48.3 Å². The maximum atomic E-state index is 10.00. The van der Waals surface area contributed by atoms with Crippen molar-refractivity contribution in [3.8, 4) is 23.0 Å². The molecule has 7 nitrogen and oxygen atoms in total. The molecule has 2 N–H and O–H groups in total. The van der Waals surface area contributed by atoms with E-state index < -0.39 is 0 Å². The van der Waals surface area contributed by atoms with Crippen LogP contribution in [0.3, 0.4) is 0 Å². The number of ether oxygens (including phenoxy) is 2. The number of aliphatic imine (C=N–C) groups is 1. The number of amidine groups is 1. The van der Waals surface area contributed by atoms with Crippen LogP contribution in [0.25, 0.3) is 0 Å². The van der Waals surface area contributed by atoms with Gasteiger partial charge in [-0.2, -0.15) is 5.10 Å². The van der Waals surface area contributed by atoms with Crippen molar-refractivity contribution in [2.75, 3.05) is 20.5 Å². The smallest absolute Gasteiger partial charge is 0.208 e. The van der Waals surface area contributed by atoms with Crippen LogP contribution in [0.2, 0.25) is 0 Å². The van der Waals surface area contributed by atoms with E-state index in [9.17, 15) is 10.2 Å². The Morgan fingerprint density at radius 1 is 1.04 bits per heavy atom. The van der Waals surface area contributed by atoms with Crippen LogP contribution < -0.4 is 9.47 Å². The lowest BCUT2D eigenvalue weighted by molar-refractivity contribution is 0.373. The number of methoxy groups -OCH3 is 2. The summed E-state index contributed by atoms with van der Waals surface area (Å²) in [7, 11) is 3.00. The second-order valence-corrected chi connectivity index (χ2v) is 5.69. The normalized spacial score (nSPS) is 12.0. The van der Waals surface area contributed by atoms with Crippen molar-refractivity contribution >= 4 is 29.4 Å². The lowest BCUT2D eigenvalue weighted by Gasteiger charge is -2.04. The third kappa shape index (κ3) is 5.00. The molecule has 0 unspecified atom stereocenters. The number of nitrogens with zero attached hydrogens (tertiary/aromatic N) is 3. The van der Waals surface area contributed by atoms with Gasteiger partial charge in [-0.15, -0.1) is 5.10 Å². The van der Waals surface area contributed by atoms with E-state index in [0.29, 0.717) is 27.8 Å². The summed E-state index contributed by atoms with van der Waals surface area (Å²) in [5, 5.41) is 28.3. The fourth-order valence-corrected chi connectivity index (χ4v) is 2.24. The zero-order valence-electron chi connectivity index (χ0n) is 14.6. The summed E-state index contributed by atoms with van der Waals surface area (Å²) in [6.07, 6.45) is 4.71. The molecule has 8 heteroatoms. The minimum Gasteiger partial charge on any atom is -0.507 e. The number of rotatable bonds is 5. The van der Waals surface area contributed by atoms with Crippen molar-refractivity contribution in [1.29, 1.82) is 0 Å². The summed E-state index contributed by atoms with van der Waals surface area (Å²) in [4.78, 5) is 4.20. The van der Waals surface area contributed by atoms with Crippen molar-refractivity contribution in [2.45, 2.75) is 0 Å². The first-order valence-corrected chi connectivity index (χ1v) is 8.73. The largest absolute Gasteiger partial charge is 0.507 e. The van der Waals surface area contributed by atoms with Gasteiger partial charge in [0.25, 0.3) is 0 Å². The predicted molar refractivity (Wildman–Crippen MR) is 105 cm³/mol. The quantitative estimate of drug-likeness (QED) is 0.476. The Bertz CT molecular complexity index is 850. The molecule has 0 bridgehead atoms. The number of phenols is 2. The summed E-state index contributed by atoms with van der Waals surface area (Å²) >= 11 is 1.29. The lowest BCUT2D eigenvalue weighted by atomic mass is 10.2. The maximum Gasteiger partial charge on any atom is 0.208 e. The molecule has 136 valence electrons. The fourth-order valence-electron chi connectivity index (χ4n) is 1.95. The molecule has 2 rings (SSSR count). The summed E-state index contributed by atoms with van der Waals surface area (Å²) in [6, 6.07) is 9.99. The molecule has 0 aliphatic heterocycles. The van der Waals surface area contributed by atoms with Crippen molar-refractivity contribution in [3.05, 3.63) is 47.5 Å². The van der Waals surface area contributed by atoms with Crippen LogP contribution in [0.4, 0.5) is 0 Å². The van der Waals surface area contributed by atoms with E-state index in [4.69, 9.17) is 9.47 Å². The summed E-state index contributed by atoms with van der Waals surface area (Å²) in [5.74, 6) is 0.960. The first-order chi connectivity index (χ1) is 12.6. The van der Waals surface area contributed by atoms with Gasteiger partial charge in [0, 0.05) is 23.4 Å². The molecule has 0 heterocycles. The molecule has 0 spiro atoms. The molecule has 0 aliphatic rings. The monoisotopic (exact) mass is 373 g/mol. The van der Waals surface area contributed by atoms with Gasteiger partial charge >= 0.3 is 0 Å². The number of thioether (sulfide) groups is 1. The van der Waals surface area contributed by atoms with Gasteiger partial charge in [0.1, 0.15) is 11.5 Å². The summed E-state index contributed by atoms with van der Waals surface area (Å²) in [6.45, 7) is 0. The second kappa shape index (κ2) is 9.47. The van der Waals surface area contributed by atoms with Crippen LogP contribution in [-0.2, 0) is 0 Å². The molecular formula is C18H19N3O4S. The van der Waals surface area contributed by atoms with E-state index in [1.54, 1.807) is 30.3 Å². The first-order valence-electron chi connectivity index (χ1n) is 7.51. The van der Waals surface area contributed by atoms with Gasteiger partial charge in [0.2, 0.25) is 5.17 Å². The summed E-state index contributed by atoms with van der Waals surface area (Å²) in [5.41, 5.74) is 1.01. The van der Waals surface area contributed by atoms with E-state index in [2.05, 4.69) is 15.2 Å². The zero-order chi connectivity index (χ0) is 18.9. The maximum absolute atomic E-state index is 10.00. The third-order valence-corrected chi connectivity index (χ3v) is 3.88. The van der Waals surface area contributed by atoms with Crippen LogP contribution >= 0.6 is 11.8 Å². The van der Waals surface area contributed by atoms with E-state index in [0.717, 1.165) is 0 Å². The zero-order valence-corrected chi connectivity index (χ0v) is 15.4. The highest BCUT2D eigenvalue weighted by Crippen LogP contribution is 2.28. The number of aromatic hydroxyl groups is 2. The molecule has 0 saturated carbocycles. The van der Waals surface area contributed by atoms with Crippen LogP contribution in [0.5, 0.6) is 23.0 Å². The molecule has 0 aromatic heterocycles. The van der Waals surface area contributed by atoms with Crippen LogP contribution in [0, 0.1) is 0 Å². The van der Waals surface area contributed by atoms with E-state index in [-0.39, 0.29) is 11.5 Å². The molecule has 2 aromatic carbocycles. The SMILES string of the molecule is COc1ccc(/C=N/C(=N\N=C\c2cccc(OC)c2O)SC)c(O)c1. The molecule has 0 fully saturated rings. The van der Waals surface area contributed by atoms with Crippen molar-refractivity contribution < 1.29 is 19.7 Å². The Morgan fingerprint density at radius 3 is 2.50 bits per heavy atom. The van der Waals surface area contributed by atoms with Crippen LogP contribution in [0.15, 0.2) is 51.6 Å². The van der Waals surface area contributed by atoms with Gasteiger partial charge in [-0.05, 0) is 30.5 Å². The standard InChI is InChI=1S/C18H19N3O4S/c1-24-14-8-7-12(15(22)9-14)10-19-18(26-3)21-20-11-13-5-4-6-16(25-2)17(13)23/h4-11,22-23H,1-3H3/b19-10+,20-11+,21-18+. The third-order valence-electron chi connectivity index (χ3n) is 3.32. The molecular weight excluding hydrogens is 354 g/mol. The van der Waals surface area contributed by atoms with Gasteiger partial charge in [-0.25, -0.2) is 4.99 Å². The average Bonchev–Trinajstić information content (AvgIpc) is 2.66. The molecule has 0 radical (unpaired) electrons. The highest BCUT2D eigenvalue weighted by atomic mass is 32.2. The predicted octanol–water partition coefficient (Wildman–Crippen LogP) is 3.29. The van der Waals surface area contributed by atoms with Crippen molar-refractivity contribution in [2.24, 2.45) is 15.2 Å². The molecule has 0 aliphatic carbocycles. The Hall–Kier alpha value is -3.00. The fraction of sp³-hybridized carbons (Fsp3) is 0.167. The van der Waals surface area contributed by atoms with Gasteiger partial charge in [-0.3, -0.25) is 0 Å². The topological polar surface area (TPSA) is 96.0 Å². The number of hydrogen-bond acceptors (Lipinski definition) is 7.